The van der Waals surface area contributed by atoms with Crippen molar-refractivity contribution in [1.29, 1.82) is 0 Å². The Bertz CT molecular complexity index is 1310. The Morgan fingerprint density at radius 3 is 1.64 bits per heavy atom. The number of hydrogen-bond acceptors (Lipinski definition) is 4. The van der Waals surface area contributed by atoms with Gasteiger partial charge < -0.3 is 9.80 Å². The molecule has 2 aliphatic rings. The summed E-state index contributed by atoms with van der Waals surface area (Å²) in [6, 6.07) is 7.85. The molecule has 0 saturated heterocycles. The minimum Gasteiger partial charge on any atom is -0.306 e. The molecule has 208 valence electrons. The Morgan fingerprint density at radius 1 is 0.769 bits per heavy atom. The Balaban J connectivity index is 1.87. The van der Waals surface area contributed by atoms with E-state index < -0.39 is 0 Å². The molecule has 2 amide bonds. The Labute approximate surface area is 242 Å². The monoisotopic (exact) mass is 563 g/mol. The molecule has 2 aromatic rings. The fourth-order valence-corrected chi connectivity index (χ4v) is 7.46. The molecule has 0 spiro atoms. The summed E-state index contributed by atoms with van der Waals surface area (Å²) < 4.78 is 0. The van der Waals surface area contributed by atoms with E-state index in [1.807, 2.05) is 15.9 Å². The number of hydrogen-bond donors (Lipinski definition) is 0. The number of unbranched alkanes of at least 4 members (excludes halogenated alkanes) is 2. The van der Waals surface area contributed by atoms with E-state index >= 15 is 0 Å². The molecule has 0 bridgehead atoms. The van der Waals surface area contributed by atoms with Gasteiger partial charge in [0.15, 0.2) is 0 Å². The van der Waals surface area contributed by atoms with Crippen molar-refractivity contribution in [2.24, 2.45) is 11.8 Å². The van der Waals surface area contributed by atoms with Crippen molar-refractivity contribution < 1.29 is 9.59 Å². The first kappa shape index (κ1) is 29.3. The Hall–Kier alpha value is -2.69. The Kier molecular flexibility index (Phi) is 9.85. The first-order valence-corrected chi connectivity index (χ1v) is 16.2. The first-order chi connectivity index (χ1) is 18.9. The second-order valence-corrected chi connectivity index (χ2v) is 13.1. The lowest BCUT2D eigenvalue weighted by Crippen LogP contribution is -2.34. The molecule has 4 heterocycles. The maximum atomic E-state index is 14.4. The van der Waals surface area contributed by atoms with Gasteiger partial charge in [-0.05, 0) is 49.8 Å². The van der Waals surface area contributed by atoms with Crippen LogP contribution in [0.3, 0.4) is 0 Å². The zero-order valence-corrected chi connectivity index (χ0v) is 25.6. The first-order valence-electron chi connectivity index (χ1n) is 14.5. The molecular formula is C32H41N3O2S2. The number of thiophene rings is 2. The van der Waals surface area contributed by atoms with E-state index in [9.17, 15) is 9.59 Å². The zero-order chi connectivity index (χ0) is 28.1. The van der Waals surface area contributed by atoms with Crippen molar-refractivity contribution in [3.8, 4) is 0 Å². The SMILES string of the molecule is [C-]#[N+]c1ccc(C2=C3C(=O)N(CC(CC)CCCC)C(c4ccc(C)s4)=C3C(=O)N2CC(CC)CCCC)s1. The second-order valence-electron chi connectivity index (χ2n) is 10.8. The predicted octanol–water partition coefficient (Wildman–Crippen LogP) is 8.91. The fraction of sp³-hybridized carbons (Fsp3) is 0.531. The normalized spacial score (nSPS) is 16.9. The molecule has 2 atom stereocenters. The van der Waals surface area contributed by atoms with Gasteiger partial charge in [0.05, 0.1) is 34.0 Å². The molecule has 0 aromatic carbocycles. The number of nitrogens with zero attached hydrogens (tertiary/aromatic N) is 3. The van der Waals surface area contributed by atoms with Gasteiger partial charge in [0, 0.05) is 22.8 Å². The molecule has 0 aliphatic carbocycles. The standard InChI is InChI=1S/C32H41N3O2S2/c1-7-11-13-22(9-3)19-34-29(24-16-15-21(5)38-24)27-28(32(34)37)30(25-17-18-26(33-6)39-25)35(31(27)36)20-23(10-4)14-12-8-2/h15-18,22-23H,7-14,19-20H2,1-5H3. The zero-order valence-electron chi connectivity index (χ0n) is 24.0. The van der Waals surface area contributed by atoms with E-state index in [-0.39, 0.29) is 11.8 Å². The number of carbonyl (C=O) groups excluding carboxylic acids is 2. The highest BCUT2D eigenvalue weighted by molar-refractivity contribution is 7.17. The van der Waals surface area contributed by atoms with E-state index in [1.165, 1.54) is 11.3 Å². The lowest BCUT2D eigenvalue weighted by Gasteiger charge is -2.29. The van der Waals surface area contributed by atoms with Crippen LogP contribution in [0.15, 0.2) is 35.4 Å². The van der Waals surface area contributed by atoms with Crippen LogP contribution in [0.2, 0.25) is 0 Å². The molecule has 2 unspecified atom stereocenters. The van der Waals surface area contributed by atoms with Crippen LogP contribution in [-0.4, -0.2) is 34.7 Å². The maximum absolute atomic E-state index is 14.4. The van der Waals surface area contributed by atoms with Crippen LogP contribution in [0.4, 0.5) is 5.00 Å². The van der Waals surface area contributed by atoms with Crippen LogP contribution in [0.1, 0.15) is 93.7 Å². The van der Waals surface area contributed by atoms with Crippen molar-refractivity contribution in [3.63, 3.8) is 0 Å². The molecule has 2 aliphatic heterocycles. The highest BCUT2D eigenvalue weighted by Crippen LogP contribution is 2.50. The molecule has 0 N–H and O–H groups in total. The van der Waals surface area contributed by atoms with Gasteiger partial charge in [-0.3, -0.25) is 9.59 Å². The van der Waals surface area contributed by atoms with Crippen molar-refractivity contribution in [3.05, 3.63) is 61.5 Å². The minimum absolute atomic E-state index is 0.0637. The molecule has 7 heteroatoms. The summed E-state index contributed by atoms with van der Waals surface area (Å²) in [4.78, 5) is 39.1. The van der Waals surface area contributed by atoms with Gasteiger partial charge in [0.1, 0.15) is 0 Å². The number of amides is 2. The highest BCUT2D eigenvalue weighted by Gasteiger charge is 2.49. The summed E-state index contributed by atoms with van der Waals surface area (Å²) in [7, 11) is 0. The number of carbonyl (C=O) groups is 2. The molecule has 0 saturated carbocycles. The summed E-state index contributed by atoms with van der Waals surface area (Å²) in [6.45, 7) is 19.6. The van der Waals surface area contributed by atoms with Crippen LogP contribution < -0.4 is 0 Å². The number of fused-ring (bicyclic) bond motifs is 1. The van der Waals surface area contributed by atoms with E-state index in [0.717, 1.165) is 71.7 Å². The van der Waals surface area contributed by atoms with Crippen molar-refractivity contribution in [1.82, 2.24) is 9.80 Å². The van der Waals surface area contributed by atoms with Gasteiger partial charge in [0.2, 0.25) is 5.00 Å². The smallest absolute Gasteiger partial charge is 0.261 e. The molecule has 4 rings (SSSR count). The molecule has 0 fully saturated rings. The van der Waals surface area contributed by atoms with Crippen molar-refractivity contribution in [2.75, 3.05) is 13.1 Å². The van der Waals surface area contributed by atoms with Gasteiger partial charge in [-0.25, -0.2) is 4.85 Å². The lowest BCUT2D eigenvalue weighted by molar-refractivity contribution is -0.124. The summed E-state index contributed by atoms with van der Waals surface area (Å²) in [5, 5.41) is 0.572. The van der Waals surface area contributed by atoms with E-state index in [0.29, 0.717) is 46.8 Å². The minimum atomic E-state index is -0.0637. The highest BCUT2D eigenvalue weighted by atomic mass is 32.1. The van der Waals surface area contributed by atoms with E-state index in [1.54, 1.807) is 17.4 Å². The molecular weight excluding hydrogens is 523 g/mol. The molecule has 39 heavy (non-hydrogen) atoms. The lowest BCUT2D eigenvalue weighted by atomic mass is 9.98. The summed E-state index contributed by atoms with van der Waals surface area (Å²) in [5.74, 6) is 0.618. The Morgan fingerprint density at radius 2 is 1.26 bits per heavy atom. The quantitative estimate of drug-likeness (QED) is 0.215. The van der Waals surface area contributed by atoms with Gasteiger partial charge in [-0.15, -0.1) is 11.3 Å². The van der Waals surface area contributed by atoms with Crippen LogP contribution in [-0.2, 0) is 9.59 Å². The number of aryl methyl sites for hydroxylation is 1. The average molecular weight is 564 g/mol. The fourth-order valence-electron chi connectivity index (χ4n) is 5.68. The average Bonchev–Trinajstić information content (AvgIpc) is 3.70. The summed E-state index contributed by atoms with van der Waals surface area (Å²) in [6.07, 6.45) is 8.62. The van der Waals surface area contributed by atoms with Gasteiger partial charge >= 0.3 is 0 Å². The third-order valence-corrected chi connectivity index (χ3v) is 10.1. The van der Waals surface area contributed by atoms with Gasteiger partial charge in [-0.2, -0.15) is 11.3 Å². The molecule has 0 radical (unpaired) electrons. The van der Waals surface area contributed by atoms with Crippen LogP contribution in [0.5, 0.6) is 0 Å². The van der Waals surface area contributed by atoms with Gasteiger partial charge in [-0.1, -0.05) is 72.3 Å². The second kappa shape index (κ2) is 13.1. The summed E-state index contributed by atoms with van der Waals surface area (Å²) in [5.41, 5.74) is 2.60. The van der Waals surface area contributed by atoms with Crippen LogP contribution >= 0.6 is 22.7 Å². The van der Waals surface area contributed by atoms with E-state index in [4.69, 9.17) is 6.57 Å². The van der Waals surface area contributed by atoms with Crippen molar-refractivity contribution in [2.45, 2.75) is 86.0 Å². The topological polar surface area (TPSA) is 45.0 Å². The van der Waals surface area contributed by atoms with Crippen molar-refractivity contribution >= 4 is 50.9 Å². The number of rotatable bonds is 14. The van der Waals surface area contributed by atoms with Crippen LogP contribution in [0, 0.1) is 25.3 Å². The summed E-state index contributed by atoms with van der Waals surface area (Å²) >= 11 is 3.02. The maximum Gasteiger partial charge on any atom is 0.261 e. The predicted molar refractivity (Wildman–Crippen MR) is 164 cm³/mol. The molecule has 5 nitrogen and oxygen atoms in total. The van der Waals surface area contributed by atoms with Gasteiger partial charge in [0.25, 0.3) is 11.8 Å². The molecule has 2 aromatic heterocycles. The van der Waals surface area contributed by atoms with Crippen LogP contribution in [0.25, 0.3) is 16.2 Å². The third-order valence-electron chi connectivity index (χ3n) is 8.06. The van der Waals surface area contributed by atoms with E-state index in [2.05, 4.69) is 51.6 Å². The third kappa shape index (κ3) is 5.93. The largest absolute Gasteiger partial charge is 0.306 e.